The quantitative estimate of drug-likeness (QED) is 0.765. The van der Waals surface area contributed by atoms with Crippen LogP contribution in [0.5, 0.6) is 0 Å². The molecule has 1 fully saturated rings. The SMILES string of the molecule is CC(=O)N1CCN(C(=O)c2cscn2)C(C(=O)N(C)C)C1. The summed E-state index contributed by atoms with van der Waals surface area (Å²) in [7, 11) is 3.28. The van der Waals surface area contributed by atoms with Gasteiger partial charge in [0.15, 0.2) is 0 Å². The lowest BCUT2D eigenvalue weighted by Gasteiger charge is -2.40. The van der Waals surface area contributed by atoms with Gasteiger partial charge in [-0.25, -0.2) is 4.98 Å². The van der Waals surface area contributed by atoms with Crippen molar-refractivity contribution >= 4 is 29.1 Å². The number of likely N-dealkylation sites (N-methyl/N-ethyl adjacent to an activating group) is 1. The zero-order chi connectivity index (χ0) is 15.6. The smallest absolute Gasteiger partial charge is 0.274 e. The van der Waals surface area contributed by atoms with Gasteiger partial charge in [-0.1, -0.05) is 0 Å². The minimum absolute atomic E-state index is 0.0905. The van der Waals surface area contributed by atoms with Crippen molar-refractivity contribution in [1.29, 1.82) is 0 Å². The molecule has 0 N–H and O–H groups in total. The molecule has 1 aromatic heterocycles. The van der Waals surface area contributed by atoms with E-state index in [1.807, 2.05) is 0 Å². The van der Waals surface area contributed by atoms with Gasteiger partial charge < -0.3 is 14.7 Å². The Labute approximate surface area is 127 Å². The lowest BCUT2D eigenvalue weighted by Crippen LogP contribution is -2.61. The van der Waals surface area contributed by atoms with E-state index in [2.05, 4.69) is 4.98 Å². The predicted molar refractivity (Wildman–Crippen MR) is 77.9 cm³/mol. The van der Waals surface area contributed by atoms with E-state index in [1.165, 1.54) is 28.1 Å². The molecule has 1 unspecified atom stereocenters. The fourth-order valence-corrected chi connectivity index (χ4v) is 2.81. The summed E-state index contributed by atoms with van der Waals surface area (Å²) in [4.78, 5) is 44.9. The number of nitrogens with zero attached hydrogens (tertiary/aromatic N) is 4. The number of rotatable bonds is 2. The molecular weight excluding hydrogens is 292 g/mol. The Hall–Kier alpha value is -1.96. The van der Waals surface area contributed by atoms with Gasteiger partial charge in [-0.2, -0.15) is 0 Å². The van der Waals surface area contributed by atoms with Crippen LogP contribution in [-0.2, 0) is 9.59 Å². The van der Waals surface area contributed by atoms with Crippen molar-refractivity contribution < 1.29 is 14.4 Å². The molecule has 8 heteroatoms. The summed E-state index contributed by atoms with van der Waals surface area (Å²) in [6, 6.07) is -0.660. The van der Waals surface area contributed by atoms with Crippen molar-refractivity contribution in [1.82, 2.24) is 19.7 Å². The van der Waals surface area contributed by atoms with Crippen LogP contribution in [0.1, 0.15) is 17.4 Å². The summed E-state index contributed by atoms with van der Waals surface area (Å²) in [6.07, 6.45) is 0. The molecule has 0 aromatic carbocycles. The Kier molecular flexibility index (Phi) is 4.56. The Bertz CT molecular complexity index is 544. The number of hydrogen-bond donors (Lipinski definition) is 0. The molecule has 0 spiro atoms. The minimum atomic E-state index is -0.660. The maximum atomic E-state index is 12.5. The highest BCUT2D eigenvalue weighted by Crippen LogP contribution is 2.16. The van der Waals surface area contributed by atoms with Crippen LogP contribution in [0.2, 0.25) is 0 Å². The molecule has 7 nitrogen and oxygen atoms in total. The van der Waals surface area contributed by atoms with Gasteiger partial charge in [0.25, 0.3) is 5.91 Å². The van der Waals surface area contributed by atoms with E-state index in [1.54, 1.807) is 29.9 Å². The van der Waals surface area contributed by atoms with Crippen molar-refractivity contribution in [2.75, 3.05) is 33.7 Å². The topological polar surface area (TPSA) is 73.8 Å². The van der Waals surface area contributed by atoms with Gasteiger partial charge >= 0.3 is 0 Å². The summed E-state index contributed by atoms with van der Waals surface area (Å²) < 4.78 is 0. The Morgan fingerprint density at radius 2 is 2.05 bits per heavy atom. The van der Waals surface area contributed by atoms with E-state index in [4.69, 9.17) is 0 Å². The molecule has 114 valence electrons. The summed E-state index contributed by atoms with van der Waals surface area (Å²) in [5.41, 5.74) is 1.93. The average molecular weight is 310 g/mol. The Balaban J connectivity index is 2.24. The third-order valence-corrected chi connectivity index (χ3v) is 4.05. The molecule has 0 aliphatic carbocycles. The van der Waals surface area contributed by atoms with E-state index in [0.29, 0.717) is 18.8 Å². The van der Waals surface area contributed by atoms with Gasteiger partial charge in [-0.05, 0) is 0 Å². The molecule has 0 saturated carbocycles. The fraction of sp³-hybridized carbons (Fsp3) is 0.538. The zero-order valence-corrected chi connectivity index (χ0v) is 13.1. The molecule has 1 aliphatic heterocycles. The number of carbonyl (C=O) groups excluding carboxylic acids is 3. The van der Waals surface area contributed by atoms with E-state index in [-0.39, 0.29) is 24.3 Å². The van der Waals surface area contributed by atoms with E-state index in [9.17, 15) is 14.4 Å². The largest absolute Gasteiger partial charge is 0.347 e. The van der Waals surface area contributed by atoms with Gasteiger partial charge in [-0.15, -0.1) is 11.3 Å². The van der Waals surface area contributed by atoms with Crippen molar-refractivity contribution in [2.45, 2.75) is 13.0 Å². The monoisotopic (exact) mass is 310 g/mol. The van der Waals surface area contributed by atoms with Crippen LogP contribution < -0.4 is 0 Å². The van der Waals surface area contributed by atoms with E-state index in [0.717, 1.165) is 0 Å². The first kappa shape index (κ1) is 15.4. The van der Waals surface area contributed by atoms with E-state index < -0.39 is 6.04 Å². The number of amides is 3. The molecule has 0 bridgehead atoms. The van der Waals surface area contributed by atoms with Crippen LogP contribution in [0, 0.1) is 0 Å². The van der Waals surface area contributed by atoms with Gasteiger partial charge in [0.1, 0.15) is 11.7 Å². The molecule has 3 amide bonds. The second-order valence-corrected chi connectivity index (χ2v) is 5.80. The Morgan fingerprint density at radius 1 is 1.33 bits per heavy atom. The summed E-state index contributed by atoms with van der Waals surface area (Å²) in [5, 5.41) is 1.66. The number of piperazine rings is 1. The Morgan fingerprint density at radius 3 is 2.57 bits per heavy atom. The first-order chi connectivity index (χ1) is 9.91. The van der Waals surface area contributed by atoms with Crippen molar-refractivity contribution in [3.8, 4) is 0 Å². The van der Waals surface area contributed by atoms with Crippen LogP contribution in [0.4, 0.5) is 0 Å². The molecule has 1 aromatic rings. The average Bonchev–Trinajstić information content (AvgIpc) is 2.99. The molecule has 0 radical (unpaired) electrons. The molecule has 1 aliphatic rings. The van der Waals surface area contributed by atoms with Crippen LogP contribution >= 0.6 is 11.3 Å². The zero-order valence-electron chi connectivity index (χ0n) is 12.3. The number of hydrogen-bond acceptors (Lipinski definition) is 5. The normalized spacial score (nSPS) is 18.5. The number of thiazole rings is 1. The molecule has 1 saturated heterocycles. The van der Waals surface area contributed by atoms with Crippen LogP contribution in [0.25, 0.3) is 0 Å². The van der Waals surface area contributed by atoms with Crippen molar-refractivity contribution in [3.05, 3.63) is 16.6 Å². The predicted octanol–water partition coefficient (Wildman–Crippen LogP) is -0.0958. The third kappa shape index (κ3) is 3.21. The van der Waals surface area contributed by atoms with Gasteiger partial charge in [-0.3, -0.25) is 14.4 Å². The van der Waals surface area contributed by atoms with Crippen LogP contribution in [-0.4, -0.2) is 77.2 Å². The highest BCUT2D eigenvalue weighted by molar-refractivity contribution is 7.07. The highest BCUT2D eigenvalue weighted by Gasteiger charge is 2.37. The second-order valence-electron chi connectivity index (χ2n) is 5.09. The number of carbonyl (C=O) groups is 3. The first-order valence-corrected chi connectivity index (χ1v) is 7.52. The van der Waals surface area contributed by atoms with Gasteiger partial charge in [0.2, 0.25) is 11.8 Å². The lowest BCUT2D eigenvalue weighted by molar-refractivity contribution is -0.139. The summed E-state index contributed by atoms with van der Waals surface area (Å²) in [5.74, 6) is -0.545. The molecule has 2 heterocycles. The third-order valence-electron chi connectivity index (χ3n) is 3.46. The summed E-state index contributed by atoms with van der Waals surface area (Å²) in [6.45, 7) is 2.46. The summed E-state index contributed by atoms with van der Waals surface area (Å²) >= 11 is 1.33. The van der Waals surface area contributed by atoms with Gasteiger partial charge in [0.05, 0.1) is 12.1 Å². The first-order valence-electron chi connectivity index (χ1n) is 6.57. The maximum absolute atomic E-state index is 12.5. The van der Waals surface area contributed by atoms with Crippen LogP contribution in [0.3, 0.4) is 0 Å². The van der Waals surface area contributed by atoms with Gasteiger partial charge in [0, 0.05) is 39.5 Å². The lowest BCUT2D eigenvalue weighted by atomic mass is 10.1. The standard InChI is InChI=1S/C13H18N4O3S/c1-9(18)16-4-5-17(11(6-16)13(20)15(2)3)12(19)10-7-21-8-14-10/h7-8,11H,4-6H2,1-3H3. The minimum Gasteiger partial charge on any atom is -0.347 e. The molecule has 21 heavy (non-hydrogen) atoms. The van der Waals surface area contributed by atoms with Crippen LogP contribution in [0.15, 0.2) is 10.9 Å². The van der Waals surface area contributed by atoms with Crippen molar-refractivity contribution in [2.24, 2.45) is 0 Å². The number of aromatic nitrogens is 1. The maximum Gasteiger partial charge on any atom is 0.274 e. The molecule has 1 atom stereocenters. The van der Waals surface area contributed by atoms with Crippen molar-refractivity contribution in [3.63, 3.8) is 0 Å². The highest BCUT2D eigenvalue weighted by atomic mass is 32.1. The van der Waals surface area contributed by atoms with E-state index >= 15 is 0 Å². The fourth-order valence-electron chi connectivity index (χ4n) is 2.29. The second kappa shape index (κ2) is 6.21. The molecule has 2 rings (SSSR count). The molecular formula is C13H18N4O3S.